The topological polar surface area (TPSA) is 57.8 Å². The van der Waals surface area contributed by atoms with Crippen LogP contribution < -0.4 is 5.32 Å². The zero-order chi connectivity index (χ0) is 13.2. The lowest BCUT2D eigenvalue weighted by molar-refractivity contribution is 0.101. The van der Waals surface area contributed by atoms with E-state index in [-0.39, 0.29) is 5.91 Å². The van der Waals surface area contributed by atoms with Crippen molar-refractivity contribution in [3.05, 3.63) is 59.9 Å². The van der Waals surface area contributed by atoms with Gasteiger partial charge < -0.3 is 10.3 Å². The van der Waals surface area contributed by atoms with Crippen molar-refractivity contribution in [3.8, 4) is 0 Å². The molecule has 0 radical (unpaired) electrons. The number of anilines is 1. The highest BCUT2D eigenvalue weighted by atomic mass is 16.2. The van der Waals surface area contributed by atoms with Gasteiger partial charge in [0.25, 0.3) is 5.91 Å². The fourth-order valence-electron chi connectivity index (χ4n) is 1.97. The van der Waals surface area contributed by atoms with Crippen molar-refractivity contribution in [2.45, 2.75) is 6.92 Å². The van der Waals surface area contributed by atoms with Gasteiger partial charge in [-0.2, -0.15) is 0 Å². The number of nitrogens with zero attached hydrogens (tertiary/aromatic N) is 1. The third kappa shape index (κ3) is 2.33. The molecule has 1 aromatic heterocycles. The summed E-state index contributed by atoms with van der Waals surface area (Å²) in [6.07, 6.45) is 0. The minimum absolute atomic E-state index is 0.234. The van der Waals surface area contributed by atoms with Crippen molar-refractivity contribution in [1.29, 1.82) is 0 Å². The van der Waals surface area contributed by atoms with Gasteiger partial charge in [0, 0.05) is 5.69 Å². The van der Waals surface area contributed by atoms with Crippen LogP contribution in [0.2, 0.25) is 0 Å². The Morgan fingerprint density at radius 1 is 1.16 bits per heavy atom. The normalized spacial score (nSPS) is 10.6. The number of fused-ring (bicyclic) bond motifs is 1. The maximum atomic E-state index is 12.1. The van der Waals surface area contributed by atoms with Crippen LogP contribution in [0.3, 0.4) is 0 Å². The zero-order valence-electron chi connectivity index (χ0n) is 10.5. The van der Waals surface area contributed by atoms with Gasteiger partial charge in [0.15, 0.2) is 5.82 Å². The molecule has 4 heteroatoms. The molecule has 3 aromatic rings. The number of rotatable bonds is 2. The number of H-pyrrole nitrogens is 1. The first-order valence-electron chi connectivity index (χ1n) is 6.05. The van der Waals surface area contributed by atoms with Gasteiger partial charge in [-0.3, -0.25) is 4.79 Å². The highest BCUT2D eigenvalue weighted by molar-refractivity contribution is 6.03. The van der Waals surface area contributed by atoms with Gasteiger partial charge in [-0.05, 0) is 36.8 Å². The Labute approximate surface area is 110 Å². The summed E-state index contributed by atoms with van der Waals surface area (Å²) in [5.74, 6) is 0.0875. The summed E-state index contributed by atoms with van der Waals surface area (Å²) in [6, 6.07) is 15.2. The van der Waals surface area contributed by atoms with Crippen LogP contribution in [0.5, 0.6) is 0 Å². The highest BCUT2D eigenvalue weighted by Gasteiger charge is 2.11. The first-order valence-corrected chi connectivity index (χ1v) is 6.05. The van der Waals surface area contributed by atoms with E-state index in [0.717, 1.165) is 22.3 Å². The number of carbonyl (C=O) groups excluding carboxylic acids is 1. The fourth-order valence-corrected chi connectivity index (χ4v) is 1.97. The number of aromatic amines is 1. The molecule has 0 saturated carbocycles. The SMILES string of the molecule is Cc1cccc(NC(=O)c2nc3ccccc3[nH]2)c1. The first-order chi connectivity index (χ1) is 9.22. The molecule has 0 fully saturated rings. The van der Waals surface area contributed by atoms with E-state index in [4.69, 9.17) is 0 Å². The number of nitrogens with one attached hydrogen (secondary N) is 2. The molecule has 0 aliphatic rings. The summed E-state index contributed by atoms with van der Waals surface area (Å²) in [5.41, 5.74) is 3.52. The van der Waals surface area contributed by atoms with Gasteiger partial charge in [-0.1, -0.05) is 24.3 Å². The largest absolute Gasteiger partial charge is 0.334 e. The van der Waals surface area contributed by atoms with E-state index < -0.39 is 0 Å². The molecule has 94 valence electrons. The number of aromatic nitrogens is 2. The Bertz CT molecular complexity index is 713. The summed E-state index contributed by atoms with van der Waals surface area (Å²) >= 11 is 0. The minimum atomic E-state index is -0.234. The molecule has 0 aliphatic heterocycles. The molecular weight excluding hydrogens is 238 g/mol. The van der Waals surface area contributed by atoms with E-state index in [2.05, 4.69) is 15.3 Å². The van der Waals surface area contributed by atoms with E-state index in [1.807, 2.05) is 55.5 Å². The number of hydrogen-bond acceptors (Lipinski definition) is 2. The van der Waals surface area contributed by atoms with Gasteiger partial charge in [-0.25, -0.2) is 4.98 Å². The molecule has 1 heterocycles. The lowest BCUT2D eigenvalue weighted by atomic mass is 10.2. The summed E-state index contributed by atoms with van der Waals surface area (Å²) < 4.78 is 0. The second-order valence-corrected chi connectivity index (χ2v) is 4.43. The summed E-state index contributed by atoms with van der Waals surface area (Å²) in [7, 11) is 0. The van der Waals surface area contributed by atoms with Gasteiger partial charge in [0.1, 0.15) is 0 Å². The molecule has 0 saturated heterocycles. The lowest BCUT2D eigenvalue weighted by Gasteiger charge is -2.03. The van der Waals surface area contributed by atoms with Crippen molar-refractivity contribution in [2.75, 3.05) is 5.32 Å². The molecule has 0 unspecified atom stereocenters. The monoisotopic (exact) mass is 251 g/mol. The van der Waals surface area contributed by atoms with Crippen LogP contribution in [0.4, 0.5) is 5.69 Å². The average Bonchev–Trinajstić information content (AvgIpc) is 2.82. The maximum absolute atomic E-state index is 12.1. The van der Waals surface area contributed by atoms with Gasteiger partial charge in [0.05, 0.1) is 11.0 Å². The molecule has 1 amide bonds. The molecule has 2 aromatic carbocycles. The number of hydrogen-bond donors (Lipinski definition) is 2. The number of imidazole rings is 1. The number of amides is 1. The number of carbonyl (C=O) groups is 1. The molecule has 0 aliphatic carbocycles. The van der Waals surface area contributed by atoms with E-state index in [1.165, 1.54) is 0 Å². The number of aryl methyl sites for hydroxylation is 1. The van der Waals surface area contributed by atoms with Crippen molar-refractivity contribution < 1.29 is 4.79 Å². The molecule has 19 heavy (non-hydrogen) atoms. The van der Waals surface area contributed by atoms with Crippen molar-refractivity contribution in [2.24, 2.45) is 0 Å². The zero-order valence-corrected chi connectivity index (χ0v) is 10.5. The van der Waals surface area contributed by atoms with Gasteiger partial charge >= 0.3 is 0 Å². The van der Waals surface area contributed by atoms with Crippen molar-refractivity contribution in [3.63, 3.8) is 0 Å². The Morgan fingerprint density at radius 2 is 2.00 bits per heavy atom. The lowest BCUT2D eigenvalue weighted by Crippen LogP contribution is -2.13. The average molecular weight is 251 g/mol. The molecule has 4 nitrogen and oxygen atoms in total. The second kappa shape index (κ2) is 4.57. The maximum Gasteiger partial charge on any atom is 0.291 e. The standard InChI is InChI=1S/C15H13N3O/c1-10-5-4-6-11(9-10)16-15(19)14-17-12-7-2-3-8-13(12)18-14/h2-9H,1H3,(H,16,19)(H,17,18). The second-order valence-electron chi connectivity index (χ2n) is 4.43. The molecule has 0 atom stereocenters. The minimum Gasteiger partial charge on any atom is -0.334 e. The molecule has 0 bridgehead atoms. The van der Waals surface area contributed by atoms with Crippen molar-refractivity contribution in [1.82, 2.24) is 9.97 Å². The molecular formula is C15H13N3O. The summed E-state index contributed by atoms with van der Waals surface area (Å²) in [4.78, 5) is 19.4. The quantitative estimate of drug-likeness (QED) is 0.735. The van der Waals surface area contributed by atoms with Crippen LogP contribution in [0.15, 0.2) is 48.5 Å². The Hall–Kier alpha value is -2.62. The number of benzene rings is 2. The highest BCUT2D eigenvalue weighted by Crippen LogP contribution is 2.13. The van der Waals surface area contributed by atoms with Crippen molar-refractivity contribution >= 4 is 22.6 Å². The third-order valence-electron chi connectivity index (χ3n) is 2.88. The smallest absolute Gasteiger partial charge is 0.291 e. The van der Waals surface area contributed by atoms with E-state index in [1.54, 1.807) is 0 Å². The van der Waals surface area contributed by atoms with Crippen LogP contribution in [-0.4, -0.2) is 15.9 Å². The van der Waals surface area contributed by atoms with E-state index in [0.29, 0.717) is 5.82 Å². The van der Waals surface area contributed by atoms with E-state index in [9.17, 15) is 4.79 Å². The summed E-state index contributed by atoms with van der Waals surface area (Å²) in [6.45, 7) is 1.98. The van der Waals surface area contributed by atoms with Crippen LogP contribution in [0.25, 0.3) is 11.0 Å². The first kappa shape index (κ1) is 11.5. The number of para-hydroxylation sites is 2. The summed E-state index contributed by atoms with van der Waals surface area (Å²) in [5, 5.41) is 2.83. The fraction of sp³-hybridized carbons (Fsp3) is 0.0667. The van der Waals surface area contributed by atoms with Crippen LogP contribution in [0.1, 0.15) is 16.2 Å². The molecule has 2 N–H and O–H groups in total. The Morgan fingerprint density at radius 3 is 2.79 bits per heavy atom. The molecule has 0 spiro atoms. The van der Waals surface area contributed by atoms with Gasteiger partial charge in [0.2, 0.25) is 0 Å². The third-order valence-corrected chi connectivity index (χ3v) is 2.88. The van der Waals surface area contributed by atoms with Gasteiger partial charge in [-0.15, -0.1) is 0 Å². The molecule has 3 rings (SSSR count). The Balaban J connectivity index is 1.87. The van der Waals surface area contributed by atoms with Crippen LogP contribution in [0, 0.1) is 6.92 Å². The van der Waals surface area contributed by atoms with E-state index >= 15 is 0 Å². The Kier molecular flexibility index (Phi) is 2.76. The predicted molar refractivity (Wildman–Crippen MR) is 75.2 cm³/mol. The van der Waals surface area contributed by atoms with Crippen LogP contribution in [-0.2, 0) is 0 Å². The predicted octanol–water partition coefficient (Wildman–Crippen LogP) is 3.12. The van der Waals surface area contributed by atoms with Crippen LogP contribution >= 0.6 is 0 Å².